The van der Waals surface area contributed by atoms with E-state index in [2.05, 4.69) is 20.3 Å². The zero-order valence-electron chi connectivity index (χ0n) is 14.9. The molecule has 0 bridgehead atoms. The molecular formula is C19H21ClN4O2. The number of benzene rings is 1. The number of carbonyl (C=O) groups is 1. The van der Waals surface area contributed by atoms with Gasteiger partial charge in [-0.25, -0.2) is 9.78 Å². The molecule has 6 nitrogen and oxygen atoms in total. The van der Waals surface area contributed by atoms with E-state index < -0.39 is 17.7 Å². The molecule has 0 saturated carbocycles. The average molecular weight is 373 g/mol. The summed E-state index contributed by atoms with van der Waals surface area (Å²) in [5.74, 6) is 0.624. The summed E-state index contributed by atoms with van der Waals surface area (Å²) in [5, 5.41) is 3.51. The third kappa shape index (κ3) is 4.73. The van der Waals surface area contributed by atoms with E-state index in [4.69, 9.17) is 16.3 Å². The Kier molecular flexibility index (Phi) is 5.13. The van der Waals surface area contributed by atoms with E-state index in [0.717, 1.165) is 16.7 Å². The van der Waals surface area contributed by atoms with Crippen molar-refractivity contribution in [2.45, 2.75) is 38.8 Å². The summed E-state index contributed by atoms with van der Waals surface area (Å²) in [6, 6.07) is 10.7. The number of halogens is 1. The van der Waals surface area contributed by atoms with Gasteiger partial charge >= 0.3 is 6.09 Å². The lowest BCUT2D eigenvalue weighted by molar-refractivity contribution is 0.0501. The van der Waals surface area contributed by atoms with Crippen LogP contribution in [0.4, 0.5) is 4.79 Å². The van der Waals surface area contributed by atoms with Gasteiger partial charge < -0.3 is 15.0 Å². The fourth-order valence-electron chi connectivity index (χ4n) is 2.56. The van der Waals surface area contributed by atoms with Gasteiger partial charge in [0.1, 0.15) is 11.4 Å². The number of carbonyl (C=O) groups excluding carboxylic acids is 1. The van der Waals surface area contributed by atoms with E-state index in [1.54, 1.807) is 18.3 Å². The van der Waals surface area contributed by atoms with Crippen molar-refractivity contribution in [3.05, 3.63) is 59.1 Å². The first kappa shape index (κ1) is 18.2. The van der Waals surface area contributed by atoms with Crippen molar-refractivity contribution in [2.75, 3.05) is 0 Å². The van der Waals surface area contributed by atoms with Crippen LogP contribution in [0.5, 0.6) is 0 Å². The summed E-state index contributed by atoms with van der Waals surface area (Å²) in [4.78, 5) is 24.4. The van der Waals surface area contributed by atoms with E-state index >= 15 is 0 Å². The molecule has 0 saturated heterocycles. The van der Waals surface area contributed by atoms with E-state index in [1.165, 1.54) is 0 Å². The fourth-order valence-corrected chi connectivity index (χ4v) is 2.73. The van der Waals surface area contributed by atoms with Crippen LogP contribution in [0.1, 0.15) is 38.3 Å². The summed E-state index contributed by atoms with van der Waals surface area (Å²) in [5.41, 5.74) is 1.85. The molecule has 136 valence electrons. The van der Waals surface area contributed by atoms with Crippen molar-refractivity contribution in [3.8, 4) is 0 Å². The third-order valence-electron chi connectivity index (χ3n) is 3.62. The van der Waals surface area contributed by atoms with Gasteiger partial charge in [-0.1, -0.05) is 17.7 Å². The molecule has 0 fully saturated rings. The molecule has 0 unspecified atom stereocenters. The number of alkyl carbamates (subject to hydrolysis) is 1. The number of fused-ring (bicyclic) bond motifs is 1. The van der Waals surface area contributed by atoms with E-state index in [0.29, 0.717) is 17.3 Å². The normalized spacial score (nSPS) is 12.8. The first-order chi connectivity index (χ1) is 12.3. The summed E-state index contributed by atoms with van der Waals surface area (Å²) in [7, 11) is 0. The van der Waals surface area contributed by atoms with Crippen LogP contribution >= 0.6 is 11.6 Å². The van der Waals surface area contributed by atoms with E-state index in [-0.39, 0.29) is 0 Å². The Morgan fingerprint density at radius 2 is 2.12 bits per heavy atom. The van der Waals surface area contributed by atoms with Crippen LogP contribution < -0.4 is 5.32 Å². The van der Waals surface area contributed by atoms with E-state index in [1.807, 2.05) is 45.0 Å². The maximum atomic E-state index is 12.3. The van der Waals surface area contributed by atoms with Crippen molar-refractivity contribution in [2.24, 2.45) is 0 Å². The number of H-pyrrole nitrogens is 1. The number of hydrogen-bond donors (Lipinski definition) is 2. The molecule has 0 aliphatic carbocycles. The summed E-state index contributed by atoms with van der Waals surface area (Å²) in [6.07, 6.45) is 1.70. The summed E-state index contributed by atoms with van der Waals surface area (Å²) in [6.45, 7) is 5.47. The first-order valence-electron chi connectivity index (χ1n) is 8.35. The van der Waals surface area contributed by atoms with Gasteiger partial charge in [0, 0.05) is 23.3 Å². The molecular weight excluding hydrogens is 352 g/mol. The van der Waals surface area contributed by atoms with Gasteiger partial charge in [0.2, 0.25) is 0 Å². The predicted molar refractivity (Wildman–Crippen MR) is 101 cm³/mol. The third-order valence-corrected chi connectivity index (χ3v) is 3.86. The Bertz CT molecular complexity index is 903. The second-order valence-corrected chi connectivity index (χ2v) is 7.44. The molecule has 1 atom stereocenters. The number of nitrogens with zero attached hydrogens (tertiary/aromatic N) is 2. The Labute approximate surface area is 157 Å². The molecule has 0 spiro atoms. The highest BCUT2D eigenvalue weighted by atomic mass is 35.5. The Morgan fingerprint density at radius 1 is 1.31 bits per heavy atom. The molecule has 3 aromatic rings. The predicted octanol–water partition coefficient (Wildman–Crippen LogP) is 4.42. The Hall–Kier alpha value is -2.60. The van der Waals surface area contributed by atoms with Crippen LogP contribution in [0.15, 0.2) is 42.6 Å². The lowest BCUT2D eigenvalue weighted by Crippen LogP contribution is -2.36. The number of imidazole rings is 1. The molecule has 3 rings (SSSR count). The maximum Gasteiger partial charge on any atom is 0.408 e. The molecule has 0 radical (unpaired) electrons. The molecule has 1 amide bonds. The SMILES string of the molecule is CC(C)(C)OC(=O)N[C@@H](Cc1ccccn1)c1nc2ccc(Cl)cc2[nH]1. The van der Waals surface area contributed by atoms with Gasteiger partial charge in [0.25, 0.3) is 0 Å². The topological polar surface area (TPSA) is 79.9 Å². The second kappa shape index (κ2) is 7.33. The number of amides is 1. The van der Waals surface area contributed by atoms with Crippen molar-refractivity contribution >= 4 is 28.7 Å². The van der Waals surface area contributed by atoms with Crippen LogP contribution in [-0.2, 0) is 11.2 Å². The summed E-state index contributed by atoms with van der Waals surface area (Å²) < 4.78 is 5.39. The molecule has 7 heteroatoms. The lowest BCUT2D eigenvalue weighted by Gasteiger charge is -2.22. The molecule has 2 heterocycles. The molecule has 0 aliphatic rings. The highest BCUT2D eigenvalue weighted by Gasteiger charge is 2.23. The molecule has 2 N–H and O–H groups in total. The van der Waals surface area contributed by atoms with Crippen molar-refractivity contribution in [3.63, 3.8) is 0 Å². The van der Waals surface area contributed by atoms with Crippen molar-refractivity contribution in [1.82, 2.24) is 20.3 Å². The fraction of sp³-hybridized carbons (Fsp3) is 0.316. The molecule has 0 aliphatic heterocycles. The van der Waals surface area contributed by atoms with Gasteiger partial charge in [0.05, 0.1) is 17.1 Å². The zero-order chi connectivity index (χ0) is 18.7. The number of aromatic nitrogens is 3. The lowest BCUT2D eigenvalue weighted by atomic mass is 10.1. The molecule has 1 aromatic carbocycles. The largest absolute Gasteiger partial charge is 0.444 e. The van der Waals surface area contributed by atoms with Crippen molar-refractivity contribution in [1.29, 1.82) is 0 Å². The molecule has 26 heavy (non-hydrogen) atoms. The Balaban J connectivity index is 1.89. The minimum absolute atomic E-state index is 0.411. The van der Waals surface area contributed by atoms with E-state index in [9.17, 15) is 4.79 Å². The van der Waals surface area contributed by atoms with Gasteiger partial charge in [-0.2, -0.15) is 0 Å². The second-order valence-electron chi connectivity index (χ2n) is 7.01. The quantitative estimate of drug-likeness (QED) is 0.710. The highest BCUT2D eigenvalue weighted by molar-refractivity contribution is 6.31. The standard InChI is InChI=1S/C19H21ClN4O2/c1-19(2,3)26-18(25)24-16(11-13-6-4-5-9-21-13)17-22-14-8-7-12(20)10-15(14)23-17/h4-10,16H,11H2,1-3H3,(H,22,23)(H,24,25)/t16-/m0/s1. The van der Waals surface area contributed by atoms with Crippen molar-refractivity contribution < 1.29 is 9.53 Å². The highest BCUT2D eigenvalue weighted by Crippen LogP contribution is 2.22. The van der Waals surface area contributed by atoms with Crippen LogP contribution in [0.25, 0.3) is 11.0 Å². The van der Waals surface area contributed by atoms with Gasteiger partial charge in [0.15, 0.2) is 0 Å². The van der Waals surface area contributed by atoms with Crippen LogP contribution in [0, 0.1) is 0 Å². The van der Waals surface area contributed by atoms with Crippen LogP contribution in [0.2, 0.25) is 5.02 Å². The van der Waals surface area contributed by atoms with Gasteiger partial charge in [-0.3, -0.25) is 4.98 Å². The first-order valence-corrected chi connectivity index (χ1v) is 8.72. The number of hydrogen-bond acceptors (Lipinski definition) is 4. The number of ether oxygens (including phenoxy) is 1. The number of aromatic amines is 1. The van der Waals surface area contributed by atoms with Crippen LogP contribution in [-0.4, -0.2) is 26.6 Å². The number of nitrogens with one attached hydrogen (secondary N) is 2. The number of pyridine rings is 1. The zero-order valence-corrected chi connectivity index (χ0v) is 15.7. The minimum Gasteiger partial charge on any atom is -0.444 e. The van der Waals surface area contributed by atoms with Gasteiger partial charge in [-0.05, 0) is 51.1 Å². The maximum absolute atomic E-state index is 12.3. The minimum atomic E-state index is -0.582. The number of rotatable bonds is 4. The van der Waals surface area contributed by atoms with Crippen LogP contribution in [0.3, 0.4) is 0 Å². The summed E-state index contributed by atoms with van der Waals surface area (Å²) >= 11 is 6.05. The monoisotopic (exact) mass is 372 g/mol. The smallest absolute Gasteiger partial charge is 0.408 e. The Morgan fingerprint density at radius 3 is 2.81 bits per heavy atom. The van der Waals surface area contributed by atoms with Gasteiger partial charge in [-0.15, -0.1) is 0 Å². The molecule has 2 aromatic heterocycles. The average Bonchev–Trinajstić information content (AvgIpc) is 2.96.